The third-order valence-electron chi connectivity index (χ3n) is 3.42. The first-order valence-electron chi connectivity index (χ1n) is 7.32. The van der Waals surface area contributed by atoms with Crippen LogP contribution < -0.4 is 5.32 Å². The Morgan fingerprint density at radius 1 is 1.20 bits per heavy atom. The largest absolute Gasteiger partial charge is 0.463 e. The average molecular weight is 371 g/mol. The fourth-order valence-electron chi connectivity index (χ4n) is 2.25. The van der Waals surface area contributed by atoms with Crippen LogP contribution in [-0.2, 0) is 0 Å². The van der Waals surface area contributed by atoms with Gasteiger partial charge in [0, 0.05) is 11.6 Å². The van der Waals surface area contributed by atoms with Crippen LogP contribution >= 0.6 is 22.9 Å². The molecule has 0 aliphatic rings. The lowest BCUT2D eigenvalue weighted by Crippen LogP contribution is -2.13. The Morgan fingerprint density at radius 3 is 2.88 bits per heavy atom. The minimum Gasteiger partial charge on any atom is -0.463 e. The molecule has 8 heteroatoms. The van der Waals surface area contributed by atoms with Gasteiger partial charge in [-0.1, -0.05) is 23.7 Å². The van der Waals surface area contributed by atoms with Gasteiger partial charge in [-0.3, -0.25) is 10.1 Å². The zero-order valence-corrected chi connectivity index (χ0v) is 14.3. The van der Waals surface area contributed by atoms with Crippen LogP contribution in [0.5, 0.6) is 0 Å². The molecule has 0 unspecified atom stereocenters. The first-order valence-corrected chi connectivity index (χ1v) is 8.58. The second-order valence-corrected chi connectivity index (χ2v) is 6.33. The predicted molar refractivity (Wildman–Crippen MR) is 96.3 cm³/mol. The summed E-state index contributed by atoms with van der Waals surface area (Å²) in [6.07, 6.45) is 3.26. The number of nitrogens with one attached hydrogen (secondary N) is 1. The molecule has 0 saturated heterocycles. The van der Waals surface area contributed by atoms with Gasteiger partial charge in [-0.2, -0.15) is 5.10 Å². The summed E-state index contributed by atoms with van der Waals surface area (Å²) < 4.78 is 6.85. The van der Waals surface area contributed by atoms with Crippen molar-refractivity contribution in [3.8, 4) is 17.1 Å². The Bertz CT molecular complexity index is 1020. The number of nitrogens with zero attached hydrogens (tertiary/aromatic N) is 3. The highest BCUT2D eigenvalue weighted by Gasteiger charge is 2.14. The highest BCUT2D eigenvalue weighted by Crippen LogP contribution is 2.25. The van der Waals surface area contributed by atoms with Crippen molar-refractivity contribution in [2.75, 3.05) is 5.32 Å². The molecule has 6 nitrogen and oxygen atoms in total. The monoisotopic (exact) mass is 370 g/mol. The number of furan rings is 1. The van der Waals surface area contributed by atoms with E-state index in [1.54, 1.807) is 35.3 Å². The number of rotatable bonds is 4. The number of benzene rings is 1. The van der Waals surface area contributed by atoms with E-state index in [1.165, 1.54) is 11.3 Å². The summed E-state index contributed by atoms with van der Waals surface area (Å²) in [5.41, 5.74) is 1.65. The van der Waals surface area contributed by atoms with Crippen LogP contribution in [-0.4, -0.2) is 20.7 Å². The smallest absolute Gasteiger partial charge is 0.277 e. The summed E-state index contributed by atoms with van der Waals surface area (Å²) in [7, 11) is 0. The van der Waals surface area contributed by atoms with Gasteiger partial charge in [-0.15, -0.1) is 11.3 Å². The van der Waals surface area contributed by atoms with Gasteiger partial charge in [0.2, 0.25) is 0 Å². The zero-order chi connectivity index (χ0) is 17.2. The highest BCUT2D eigenvalue weighted by molar-refractivity contribution is 7.14. The van der Waals surface area contributed by atoms with Crippen molar-refractivity contribution >= 4 is 34.0 Å². The van der Waals surface area contributed by atoms with Gasteiger partial charge < -0.3 is 4.42 Å². The molecule has 0 spiro atoms. The van der Waals surface area contributed by atoms with Crippen molar-refractivity contribution in [2.45, 2.75) is 0 Å². The number of halogens is 1. The number of amides is 1. The van der Waals surface area contributed by atoms with Gasteiger partial charge in [0.05, 0.1) is 17.0 Å². The maximum Gasteiger partial charge on any atom is 0.277 e. The Labute approximate surface area is 151 Å². The first kappa shape index (κ1) is 15.6. The van der Waals surface area contributed by atoms with Crippen molar-refractivity contribution < 1.29 is 9.21 Å². The molecule has 3 aromatic heterocycles. The molecule has 0 atom stereocenters. The fourth-order valence-corrected chi connectivity index (χ4v) is 3.16. The Balaban J connectivity index is 1.52. The number of carbonyl (C=O) groups is 1. The molecule has 1 amide bonds. The van der Waals surface area contributed by atoms with Crippen LogP contribution in [0.2, 0.25) is 5.02 Å². The van der Waals surface area contributed by atoms with Gasteiger partial charge in [-0.25, -0.2) is 9.67 Å². The maximum absolute atomic E-state index is 12.4. The zero-order valence-electron chi connectivity index (χ0n) is 12.7. The van der Waals surface area contributed by atoms with E-state index in [1.807, 2.05) is 29.6 Å². The summed E-state index contributed by atoms with van der Waals surface area (Å²) in [6.45, 7) is 0. The number of anilines is 1. The van der Waals surface area contributed by atoms with Crippen molar-refractivity contribution in [1.82, 2.24) is 14.8 Å². The average Bonchev–Trinajstić information content (AvgIpc) is 3.36. The molecule has 4 aromatic rings. The number of thiazole rings is 1. The summed E-state index contributed by atoms with van der Waals surface area (Å²) >= 11 is 7.47. The topological polar surface area (TPSA) is 73.0 Å². The van der Waals surface area contributed by atoms with E-state index in [0.717, 1.165) is 0 Å². The van der Waals surface area contributed by atoms with Crippen LogP contribution in [0.15, 0.2) is 64.7 Å². The van der Waals surface area contributed by atoms with Crippen LogP contribution in [0.25, 0.3) is 17.1 Å². The third-order valence-corrected chi connectivity index (χ3v) is 4.50. The lowest BCUT2D eigenvalue weighted by Gasteiger charge is -2.03. The van der Waals surface area contributed by atoms with E-state index in [9.17, 15) is 4.79 Å². The van der Waals surface area contributed by atoms with Crippen LogP contribution in [0.3, 0.4) is 0 Å². The quantitative estimate of drug-likeness (QED) is 0.574. The Kier molecular flexibility index (Phi) is 4.09. The standard InChI is InChI=1S/C17H11ClN4O2S/c18-11-4-1-2-5-14(11)22-8-7-12(21-22)16(23)20-17-19-13(10-25-17)15-6-3-9-24-15/h1-10H,(H,19,20,23). The molecular formula is C17H11ClN4O2S. The first-order chi connectivity index (χ1) is 12.2. The number of aromatic nitrogens is 3. The molecule has 4 rings (SSSR count). The molecule has 0 fully saturated rings. The minimum atomic E-state index is -0.342. The third kappa shape index (κ3) is 3.19. The predicted octanol–water partition coefficient (Wildman–Crippen LogP) is 4.49. The van der Waals surface area contributed by atoms with Crippen molar-refractivity contribution in [2.24, 2.45) is 0 Å². The highest BCUT2D eigenvalue weighted by atomic mass is 35.5. The molecule has 0 saturated carbocycles. The molecule has 1 N–H and O–H groups in total. The van der Waals surface area contributed by atoms with Gasteiger partial charge in [0.1, 0.15) is 5.69 Å². The number of hydrogen-bond acceptors (Lipinski definition) is 5. The fraction of sp³-hybridized carbons (Fsp3) is 0. The minimum absolute atomic E-state index is 0.273. The molecule has 124 valence electrons. The second-order valence-electron chi connectivity index (χ2n) is 5.07. The number of carbonyl (C=O) groups excluding carboxylic acids is 1. The van der Waals surface area contributed by atoms with Crippen molar-refractivity contribution in [3.63, 3.8) is 0 Å². The van der Waals surface area contributed by atoms with Gasteiger partial charge >= 0.3 is 0 Å². The van der Waals surface area contributed by atoms with E-state index in [0.29, 0.717) is 27.3 Å². The Morgan fingerprint density at radius 2 is 2.08 bits per heavy atom. The lowest BCUT2D eigenvalue weighted by molar-refractivity contribution is 0.102. The van der Waals surface area contributed by atoms with E-state index in [4.69, 9.17) is 16.0 Å². The normalized spacial score (nSPS) is 10.8. The molecule has 0 radical (unpaired) electrons. The summed E-state index contributed by atoms with van der Waals surface area (Å²) in [5.74, 6) is 0.311. The van der Waals surface area contributed by atoms with Crippen LogP contribution in [0, 0.1) is 0 Å². The molecular weight excluding hydrogens is 360 g/mol. The van der Waals surface area contributed by atoms with E-state index >= 15 is 0 Å². The lowest BCUT2D eigenvalue weighted by atomic mass is 10.3. The second kappa shape index (κ2) is 6.54. The van der Waals surface area contributed by atoms with Crippen molar-refractivity contribution in [3.05, 3.63) is 71.0 Å². The molecule has 0 aliphatic heterocycles. The number of para-hydroxylation sites is 1. The summed E-state index contributed by atoms with van der Waals surface area (Å²) in [5, 5.41) is 9.86. The molecule has 1 aromatic carbocycles. The van der Waals surface area contributed by atoms with Crippen LogP contribution in [0.1, 0.15) is 10.5 Å². The summed E-state index contributed by atoms with van der Waals surface area (Å²) in [4.78, 5) is 16.7. The van der Waals surface area contributed by atoms with Gasteiger partial charge in [0.25, 0.3) is 5.91 Å². The maximum atomic E-state index is 12.4. The Hall–Kier alpha value is -2.90. The van der Waals surface area contributed by atoms with E-state index < -0.39 is 0 Å². The number of hydrogen-bond donors (Lipinski definition) is 1. The van der Waals surface area contributed by atoms with Crippen LogP contribution in [0.4, 0.5) is 5.13 Å². The molecule has 25 heavy (non-hydrogen) atoms. The van der Waals surface area contributed by atoms with Gasteiger partial charge in [-0.05, 0) is 30.3 Å². The van der Waals surface area contributed by atoms with E-state index in [-0.39, 0.29) is 11.6 Å². The summed E-state index contributed by atoms with van der Waals surface area (Å²) in [6, 6.07) is 12.5. The molecule has 3 heterocycles. The molecule has 0 aliphatic carbocycles. The SMILES string of the molecule is O=C(Nc1nc(-c2ccco2)cs1)c1ccn(-c2ccccc2Cl)n1. The molecule has 0 bridgehead atoms. The van der Waals surface area contributed by atoms with Crippen molar-refractivity contribution in [1.29, 1.82) is 0 Å². The van der Waals surface area contributed by atoms with E-state index in [2.05, 4.69) is 15.4 Å². The van der Waals surface area contributed by atoms with Gasteiger partial charge in [0.15, 0.2) is 16.6 Å².